The maximum atomic E-state index is 12.4. The van der Waals surface area contributed by atoms with Crippen LogP contribution >= 0.6 is 23.6 Å². The van der Waals surface area contributed by atoms with Crippen LogP contribution in [0.1, 0.15) is 50.9 Å². The predicted molar refractivity (Wildman–Crippen MR) is 121 cm³/mol. The maximum Gasteiger partial charge on any atom is 0.341 e. The van der Waals surface area contributed by atoms with E-state index in [1.807, 2.05) is 30.9 Å². The Morgan fingerprint density at radius 2 is 1.83 bits per heavy atom. The molecule has 0 radical (unpaired) electrons. The number of nitrogens with one attached hydrogen (secondary N) is 2. The van der Waals surface area contributed by atoms with Gasteiger partial charge in [0.1, 0.15) is 5.00 Å². The van der Waals surface area contributed by atoms with Gasteiger partial charge in [0.05, 0.1) is 12.7 Å². The van der Waals surface area contributed by atoms with Gasteiger partial charge < -0.3 is 20.3 Å². The molecule has 154 valence electrons. The van der Waals surface area contributed by atoms with Crippen molar-refractivity contribution < 1.29 is 14.3 Å². The lowest BCUT2D eigenvalue weighted by molar-refractivity contribution is 0.0601. The minimum Gasteiger partial charge on any atom is -0.465 e. The van der Waals surface area contributed by atoms with Gasteiger partial charge in [0.15, 0.2) is 5.11 Å². The van der Waals surface area contributed by atoms with Crippen molar-refractivity contribution in [2.24, 2.45) is 0 Å². The highest BCUT2D eigenvalue weighted by atomic mass is 32.1. The number of benzene rings is 1. The normalized spacial score (nSPS) is 13.3. The van der Waals surface area contributed by atoms with Crippen molar-refractivity contribution >= 4 is 51.2 Å². The standard InChI is InChI=1S/C21H25N3O3S2/c1-4-16-13(2)29-18(17(16)20(26)27-3)23-21(28)22-15-9-7-14(8-10-15)19(25)24-11-5-6-12-24/h7-10H,4-6,11-12H2,1-3H3,(H2,22,23,28). The first-order valence-electron chi connectivity index (χ1n) is 9.62. The summed E-state index contributed by atoms with van der Waals surface area (Å²) in [4.78, 5) is 27.6. The lowest BCUT2D eigenvalue weighted by Gasteiger charge is -2.15. The summed E-state index contributed by atoms with van der Waals surface area (Å²) < 4.78 is 4.94. The first kappa shape index (κ1) is 21.3. The third kappa shape index (κ3) is 4.76. The van der Waals surface area contributed by atoms with E-state index >= 15 is 0 Å². The van der Waals surface area contributed by atoms with Crippen LogP contribution in [0.2, 0.25) is 0 Å². The van der Waals surface area contributed by atoms with E-state index in [9.17, 15) is 9.59 Å². The number of aryl methyl sites for hydroxylation is 1. The maximum absolute atomic E-state index is 12.4. The van der Waals surface area contributed by atoms with Crippen LogP contribution in [0.15, 0.2) is 24.3 Å². The van der Waals surface area contributed by atoms with E-state index in [2.05, 4.69) is 10.6 Å². The predicted octanol–water partition coefficient (Wildman–Crippen LogP) is 4.45. The number of methoxy groups -OCH3 is 1. The highest BCUT2D eigenvalue weighted by molar-refractivity contribution is 7.80. The van der Waals surface area contributed by atoms with Gasteiger partial charge in [-0.3, -0.25) is 4.79 Å². The van der Waals surface area contributed by atoms with E-state index in [1.54, 1.807) is 12.1 Å². The summed E-state index contributed by atoms with van der Waals surface area (Å²) in [6, 6.07) is 7.26. The molecule has 0 saturated carbocycles. The molecule has 2 heterocycles. The minimum absolute atomic E-state index is 0.0682. The number of thiocarbonyl (C=S) groups is 1. The van der Waals surface area contributed by atoms with E-state index < -0.39 is 0 Å². The van der Waals surface area contributed by atoms with Crippen LogP contribution < -0.4 is 10.6 Å². The number of hydrogen-bond donors (Lipinski definition) is 2. The summed E-state index contributed by atoms with van der Waals surface area (Å²) >= 11 is 6.90. The monoisotopic (exact) mass is 431 g/mol. The number of likely N-dealkylation sites (tertiary alicyclic amines) is 1. The molecule has 0 bridgehead atoms. The Labute approximate surface area is 180 Å². The molecule has 2 N–H and O–H groups in total. The molecule has 1 aliphatic heterocycles. The summed E-state index contributed by atoms with van der Waals surface area (Å²) in [5, 5.41) is 7.27. The number of hydrogen-bond acceptors (Lipinski definition) is 5. The SMILES string of the molecule is CCc1c(C)sc(NC(=S)Nc2ccc(C(=O)N3CCCC3)cc2)c1C(=O)OC. The number of nitrogens with zero attached hydrogens (tertiary/aromatic N) is 1. The molecular weight excluding hydrogens is 406 g/mol. The average Bonchev–Trinajstić information content (AvgIpc) is 3.35. The number of rotatable bonds is 5. The fourth-order valence-corrected chi connectivity index (χ4v) is 4.90. The Balaban J connectivity index is 1.68. The topological polar surface area (TPSA) is 70.7 Å². The molecule has 3 rings (SSSR count). The second kappa shape index (κ2) is 9.37. The molecule has 1 saturated heterocycles. The molecule has 8 heteroatoms. The minimum atomic E-state index is -0.374. The molecule has 0 aliphatic carbocycles. The lowest BCUT2D eigenvalue weighted by Crippen LogP contribution is -2.27. The van der Waals surface area contributed by atoms with Gasteiger partial charge in [-0.2, -0.15) is 0 Å². The van der Waals surface area contributed by atoms with Gasteiger partial charge in [-0.15, -0.1) is 11.3 Å². The van der Waals surface area contributed by atoms with E-state index in [4.69, 9.17) is 17.0 Å². The van der Waals surface area contributed by atoms with Crippen LogP contribution in [-0.4, -0.2) is 42.1 Å². The molecular formula is C21H25N3O3S2. The molecule has 1 fully saturated rings. The van der Waals surface area contributed by atoms with E-state index in [1.165, 1.54) is 18.4 Å². The van der Waals surface area contributed by atoms with E-state index in [-0.39, 0.29) is 11.9 Å². The van der Waals surface area contributed by atoms with Gasteiger partial charge in [-0.25, -0.2) is 4.79 Å². The second-order valence-corrected chi connectivity index (χ2v) is 8.47. The van der Waals surface area contributed by atoms with Crippen molar-refractivity contribution in [1.29, 1.82) is 0 Å². The summed E-state index contributed by atoms with van der Waals surface area (Å²) in [6.45, 7) is 5.64. The summed E-state index contributed by atoms with van der Waals surface area (Å²) in [5.74, 6) is -0.306. The van der Waals surface area contributed by atoms with Gasteiger partial charge in [0, 0.05) is 29.2 Å². The fourth-order valence-electron chi connectivity index (χ4n) is 3.47. The zero-order valence-electron chi connectivity index (χ0n) is 16.8. The Hall–Kier alpha value is -2.45. The first-order valence-corrected chi connectivity index (χ1v) is 10.8. The van der Waals surface area contributed by atoms with Gasteiger partial charge in [0.25, 0.3) is 5.91 Å². The first-order chi connectivity index (χ1) is 13.9. The van der Waals surface area contributed by atoms with E-state index in [0.29, 0.717) is 21.2 Å². The largest absolute Gasteiger partial charge is 0.465 e. The fraction of sp³-hybridized carbons (Fsp3) is 0.381. The van der Waals surface area contributed by atoms with Crippen LogP contribution in [-0.2, 0) is 11.2 Å². The smallest absolute Gasteiger partial charge is 0.341 e. The molecule has 0 unspecified atom stereocenters. The lowest BCUT2D eigenvalue weighted by atomic mass is 10.1. The zero-order chi connectivity index (χ0) is 21.0. The van der Waals surface area contributed by atoms with Crippen molar-refractivity contribution in [3.8, 4) is 0 Å². The van der Waals surface area contributed by atoms with Crippen LogP contribution in [0.3, 0.4) is 0 Å². The molecule has 1 aromatic heterocycles. The molecule has 1 aromatic carbocycles. The van der Waals surface area contributed by atoms with Crippen LogP contribution in [0, 0.1) is 6.92 Å². The van der Waals surface area contributed by atoms with Crippen molar-refractivity contribution in [2.45, 2.75) is 33.1 Å². The number of carbonyl (C=O) groups excluding carboxylic acids is 2. The Bertz CT molecular complexity index is 916. The van der Waals surface area contributed by atoms with Gasteiger partial charge in [-0.05, 0) is 68.2 Å². The third-order valence-electron chi connectivity index (χ3n) is 4.96. The molecule has 1 amide bonds. The van der Waals surface area contributed by atoms with Gasteiger partial charge >= 0.3 is 5.97 Å². The third-order valence-corrected chi connectivity index (χ3v) is 6.23. The van der Waals surface area contributed by atoms with Gasteiger partial charge in [-0.1, -0.05) is 6.92 Å². The zero-order valence-corrected chi connectivity index (χ0v) is 18.5. The molecule has 2 aromatic rings. The highest BCUT2D eigenvalue weighted by Crippen LogP contribution is 2.34. The Kier molecular flexibility index (Phi) is 6.87. The average molecular weight is 432 g/mol. The van der Waals surface area contributed by atoms with Crippen molar-refractivity contribution in [3.05, 3.63) is 45.8 Å². The quantitative estimate of drug-likeness (QED) is 0.538. The van der Waals surface area contributed by atoms with Gasteiger partial charge in [0.2, 0.25) is 0 Å². The highest BCUT2D eigenvalue weighted by Gasteiger charge is 2.22. The van der Waals surface area contributed by atoms with Crippen LogP contribution in [0.25, 0.3) is 0 Å². The number of amides is 1. The van der Waals surface area contributed by atoms with E-state index in [0.717, 1.165) is 48.5 Å². The number of carbonyl (C=O) groups is 2. The molecule has 6 nitrogen and oxygen atoms in total. The molecule has 29 heavy (non-hydrogen) atoms. The summed E-state index contributed by atoms with van der Waals surface area (Å²) in [5.41, 5.74) is 2.94. The second-order valence-electron chi connectivity index (χ2n) is 6.84. The van der Waals surface area contributed by atoms with Crippen molar-refractivity contribution in [1.82, 2.24) is 4.90 Å². The Morgan fingerprint density at radius 1 is 1.17 bits per heavy atom. The summed E-state index contributed by atoms with van der Waals surface area (Å²) in [6.07, 6.45) is 2.88. The van der Waals surface area contributed by atoms with Crippen molar-refractivity contribution in [2.75, 3.05) is 30.8 Å². The van der Waals surface area contributed by atoms with Crippen molar-refractivity contribution in [3.63, 3.8) is 0 Å². The van der Waals surface area contributed by atoms with Crippen LogP contribution in [0.5, 0.6) is 0 Å². The molecule has 1 aliphatic rings. The number of thiophene rings is 1. The summed E-state index contributed by atoms with van der Waals surface area (Å²) in [7, 11) is 1.38. The number of esters is 1. The Morgan fingerprint density at radius 3 is 2.41 bits per heavy atom. The molecule has 0 atom stereocenters. The number of anilines is 2. The van der Waals surface area contributed by atoms with Crippen LogP contribution in [0.4, 0.5) is 10.7 Å². The molecule has 0 spiro atoms. The number of ether oxygens (including phenoxy) is 1.